The number of carbonyl (C=O) groups is 1. The molecule has 2 heteroatoms. The van der Waals surface area contributed by atoms with Crippen LogP contribution in [0.4, 0.5) is 0 Å². The predicted molar refractivity (Wildman–Crippen MR) is 90.4 cm³/mol. The summed E-state index contributed by atoms with van der Waals surface area (Å²) < 4.78 is 0. The second-order valence-electron chi connectivity index (χ2n) is 5.12. The summed E-state index contributed by atoms with van der Waals surface area (Å²) in [6, 6.07) is 0. The first-order valence-electron chi connectivity index (χ1n) is 8.18. The van der Waals surface area contributed by atoms with Crippen molar-refractivity contribution in [1.82, 2.24) is 0 Å². The SMILES string of the molecule is CCCCCCC/C=C\C/C=C\CC=C=CCCC(=O)O. The van der Waals surface area contributed by atoms with Crippen molar-refractivity contribution in [2.24, 2.45) is 0 Å². The molecular weight excluding hydrogens is 260 g/mol. The van der Waals surface area contributed by atoms with Crippen molar-refractivity contribution >= 4 is 5.97 Å². The largest absolute Gasteiger partial charge is 0.481 e. The molecular formula is C19H30O2. The van der Waals surface area contributed by atoms with Gasteiger partial charge in [0.15, 0.2) is 0 Å². The van der Waals surface area contributed by atoms with Crippen molar-refractivity contribution in [2.45, 2.75) is 71.1 Å². The molecule has 0 saturated heterocycles. The van der Waals surface area contributed by atoms with E-state index in [2.05, 4.69) is 37.0 Å². The lowest BCUT2D eigenvalue weighted by Gasteiger charge is -1.95. The number of aliphatic carboxylic acids is 1. The molecule has 0 aromatic carbocycles. The van der Waals surface area contributed by atoms with E-state index in [4.69, 9.17) is 5.11 Å². The molecule has 0 aliphatic carbocycles. The normalized spacial score (nSPS) is 10.9. The number of hydrogen-bond acceptors (Lipinski definition) is 1. The second kappa shape index (κ2) is 16.5. The number of allylic oxidation sites excluding steroid dienone is 5. The van der Waals surface area contributed by atoms with Crippen LogP contribution in [-0.2, 0) is 4.79 Å². The Bertz CT molecular complexity index is 358. The minimum atomic E-state index is -0.759. The van der Waals surface area contributed by atoms with E-state index < -0.39 is 5.97 Å². The molecule has 0 bridgehead atoms. The van der Waals surface area contributed by atoms with Crippen LogP contribution in [0.1, 0.15) is 71.1 Å². The van der Waals surface area contributed by atoms with Gasteiger partial charge in [-0.25, -0.2) is 0 Å². The smallest absolute Gasteiger partial charge is 0.303 e. The average Bonchev–Trinajstić information content (AvgIpc) is 2.46. The Morgan fingerprint density at radius 3 is 2.38 bits per heavy atom. The molecule has 0 fully saturated rings. The summed E-state index contributed by atoms with van der Waals surface area (Å²) in [7, 11) is 0. The fourth-order valence-electron chi connectivity index (χ4n) is 1.85. The summed E-state index contributed by atoms with van der Waals surface area (Å²) >= 11 is 0. The van der Waals surface area contributed by atoms with Gasteiger partial charge < -0.3 is 5.11 Å². The fourth-order valence-corrected chi connectivity index (χ4v) is 1.85. The van der Waals surface area contributed by atoms with Crippen LogP contribution in [0.25, 0.3) is 0 Å². The molecule has 0 rings (SSSR count). The molecule has 0 spiro atoms. The maximum Gasteiger partial charge on any atom is 0.303 e. The van der Waals surface area contributed by atoms with Crippen LogP contribution < -0.4 is 0 Å². The number of rotatable bonds is 13. The highest BCUT2D eigenvalue weighted by atomic mass is 16.4. The van der Waals surface area contributed by atoms with E-state index in [1.807, 2.05) is 6.08 Å². The molecule has 1 N–H and O–H groups in total. The van der Waals surface area contributed by atoms with Gasteiger partial charge in [-0.2, -0.15) is 0 Å². The molecule has 0 aromatic rings. The lowest BCUT2D eigenvalue weighted by molar-refractivity contribution is -0.136. The first-order chi connectivity index (χ1) is 10.3. The molecule has 0 amide bonds. The molecule has 0 aromatic heterocycles. The molecule has 21 heavy (non-hydrogen) atoms. The number of carboxylic acid groups (broad SMARTS) is 1. The molecule has 0 heterocycles. The number of unbranched alkanes of at least 4 members (excludes halogenated alkanes) is 5. The third-order valence-electron chi connectivity index (χ3n) is 3.07. The quantitative estimate of drug-likeness (QED) is 0.264. The van der Waals surface area contributed by atoms with E-state index >= 15 is 0 Å². The van der Waals surface area contributed by atoms with Gasteiger partial charge in [0.2, 0.25) is 0 Å². The Balaban J connectivity index is 3.43. The molecule has 0 atom stereocenters. The summed E-state index contributed by atoms with van der Waals surface area (Å²) in [5.74, 6) is -0.759. The summed E-state index contributed by atoms with van der Waals surface area (Å²) in [5, 5.41) is 8.45. The van der Waals surface area contributed by atoms with E-state index in [0.717, 1.165) is 12.8 Å². The van der Waals surface area contributed by atoms with Crippen molar-refractivity contribution in [1.29, 1.82) is 0 Å². The summed E-state index contributed by atoms with van der Waals surface area (Å²) in [4.78, 5) is 10.3. The van der Waals surface area contributed by atoms with E-state index in [0.29, 0.717) is 6.42 Å². The minimum absolute atomic E-state index is 0.180. The van der Waals surface area contributed by atoms with E-state index in [-0.39, 0.29) is 6.42 Å². The molecule has 0 aliphatic rings. The van der Waals surface area contributed by atoms with Crippen LogP contribution in [0, 0.1) is 0 Å². The molecule has 118 valence electrons. The van der Waals surface area contributed by atoms with Crippen LogP contribution in [0.3, 0.4) is 0 Å². The first-order valence-corrected chi connectivity index (χ1v) is 8.18. The van der Waals surface area contributed by atoms with Crippen molar-refractivity contribution in [3.63, 3.8) is 0 Å². The summed E-state index contributed by atoms with van der Waals surface area (Å²) in [6.07, 6.45) is 23.0. The van der Waals surface area contributed by atoms with Gasteiger partial charge in [0, 0.05) is 6.42 Å². The van der Waals surface area contributed by atoms with Gasteiger partial charge in [-0.1, -0.05) is 56.9 Å². The van der Waals surface area contributed by atoms with E-state index in [1.54, 1.807) is 6.08 Å². The minimum Gasteiger partial charge on any atom is -0.481 e. The Morgan fingerprint density at radius 2 is 1.62 bits per heavy atom. The Labute approximate surface area is 130 Å². The highest BCUT2D eigenvalue weighted by Gasteiger charge is 1.90. The average molecular weight is 290 g/mol. The van der Waals surface area contributed by atoms with Gasteiger partial charge >= 0.3 is 5.97 Å². The molecule has 0 aliphatic heterocycles. The lowest BCUT2D eigenvalue weighted by Crippen LogP contribution is -1.91. The zero-order valence-electron chi connectivity index (χ0n) is 13.4. The third-order valence-corrected chi connectivity index (χ3v) is 3.07. The van der Waals surface area contributed by atoms with Crippen LogP contribution in [0.15, 0.2) is 42.2 Å². The van der Waals surface area contributed by atoms with Gasteiger partial charge in [-0.15, -0.1) is 5.73 Å². The molecule has 0 radical (unpaired) electrons. The Kier molecular flexibility index (Phi) is 15.3. The van der Waals surface area contributed by atoms with Crippen molar-refractivity contribution in [3.8, 4) is 0 Å². The number of carboxylic acids is 1. The van der Waals surface area contributed by atoms with Gasteiger partial charge in [0.05, 0.1) is 0 Å². The number of hydrogen-bond donors (Lipinski definition) is 1. The van der Waals surface area contributed by atoms with E-state index in [9.17, 15) is 4.79 Å². The zero-order chi connectivity index (χ0) is 15.6. The third kappa shape index (κ3) is 18.5. The van der Waals surface area contributed by atoms with Crippen LogP contribution in [0.2, 0.25) is 0 Å². The monoisotopic (exact) mass is 290 g/mol. The van der Waals surface area contributed by atoms with Crippen molar-refractivity contribution in [2.75, 3.05) is 0 Å². The zero-order valence-corrected chi connectivity index (χ0v) is 13.4. The van der Waals surface area contributed by atoms with Crippen LogP contribution in [0.5, 0.6) is 0 Å². The molecule has 0 unspecified atom stereocenters. The molecule has 2 nitrogen and oxygen atoms in total. The fraction of sp³-hybridized carbons (Fsp3) is 0.579. The predicted octanol–water partition coefficient (Wildman–Crippen LogP) is 5.82. The van der Waals surface area contributed by atoms with Crippen molar-refractivity contribution in [3.05, 3.63) is 42.2 Å². The topological polar surface area (TPSA) is 37.3 Å². The molecule has 0 saturated carbocycles. The van der Waals surface area contributed by atoms with Gasteiger partial charge in [0.1, 0.15) is 0 Å². The summed E-state index contributed by atoms with van der Waals surface area (Å²) in [6.45, 7) is 2.24. The Hall–Kier alpha value is -1.53. The maximum absolute atomic E-state index is 10.3. The highest BCUT2D eigenvalue weighted by Crippen LogP contribution is 2.05. The van der Waals surface area contributed by atoms with Crippen molar-refractivity contribution < 1.29 is 9.90 Å². The maximum atomic E-state index is 10.3. The highest BCUT2D eigenvalue weighted by molar-refractivity contribution is 5.66. The first kappa shape index (κ1) is 19.5. The summed E-state index contributed by atoms with van der Waals surface area (Å²) in [5.41, 5.74) is 2.99. The Morgan fingerprint density at radius 1 is 0.905 bits per heavy atom. The second-order valence-corrected chi connectivity index (χ2v) is 5.12. The standard InChI is InChI=1S/C19H30O2/c1-2-3-4-5-6-7-8-9-10-11-12-13-14-15-16-17-18-19(20)21/h8-9,11-12,14,16H,2-7,10,13,17-18H2,1H3,(H,20,21)/b9-8-,12-11-. The van der Waals surface area contributed by atoms with Crippen LogP contribution in [-0.4, -0.2) is 11.1 Å². The van der Waals surface area contributed by atoms with Gasteiger partial charge in [-0.05, 0) is 44.3 Å². The van der Waals surface area contributed by atoms with Gasteiger partial charge in [-0.3, -0.25) is 4.79 Å². The van der Waals surface area contributed by atoms with Crippen LogP contribution >= 0.6 is 0 Å². The van der Waals surface area contributed by atoms with Gasteiger partial charge in [0.25, 0.3) is 0 Å². The van der Waals surface area contributed by atoms with E-state index in [1.165, 1.54) is 38.5 Å². The lowest BCUT2D eigenvalue weighted by atomic mass is 10.1.